The molecule has 30 heavy (non-hydrogen) atoms. The number of methoxy groups -OCH3 is 1. The van der Waals surface area contributed by atoms with Gasteiger partial charge < -0.3 is 19.9 Å². The number of anilines is 1. The molecule has 0 bridgehead atoms. The highest BCUT2D eigenvalue weighted by Crippen LogP contribution is 2.31. The number of rotatable bonds is 5. The Morgan fingerprint density at radius 3 is 2.90 bits per heavy atom. The zero-order valence-electron chi connectivity index (χ0n) is 16.9. The van der Waals surface area contributed by atoms with Gasteiger partial charge in [0.2, 0.25) is 0 Å². The van der Waals surface area contributed by atoms with Crippen LogP contribution < -0.4 is 26.2 Å². The van der Waals surface area contributed by atoms with E-state index in [-0.39, 0.29) is 18.0 Å². The first kappa shape index (κ1) is 19.2. The van der Waals surface area contributed by atoms with Crippen LogP contribution in [0.1, 0.15) is 36.9 Å². The van der Waals surface area contributed by atoms with Gasteiger partial charge in [-0.3, -0.25) is 0 Å². The highest BCUT2D eigenvalue weighted by molar-refractivity contribution is 5.73. The molecule has 2 aliphatic heterocycles. The number of aromatic nitrogens is 3. The van der Waals surface area contributed by atoms with E-state index in [0.717, 1.165) is 42.7 Å². The van der Waals surface area contributed by atoms with Crippen LogP contribution in [0.2, 0.25) is 0 Å². The molecule has 0 amide bonds. The van der Waals surface area contributed by atoms with Crippen LogP contribution in [0.5, 0.6) is 5.75 Å². The molecule has 5 rings (SSSR count). The smallest absolute Gasteiger partial charge is 0.161 e. The lowest BCUT2D eigenvalue weighted by Gasteiger charge is -2.24. The summed E-state index contributed by atoms with van der Waals surface area (Å²) < 4.78 is 21.4. The van der Waals surface area contributed by atoms with Gasteiger partial charge in [-0.25, -0.2) is 25.2 Å². The second-order valence-corrected chi connectivity index (χ2v) is 7.83. The number of piperidine rings is 1. The van der Waals surface area contributed by atoms with Crippen LogP contribution in [0.25, 0.3) is 11.2 Å². The van der Waals surface area contributed by atoms with Crippen molar-refractivity contribution < 1.29 is 9.13 Å². The molecular formula is C21H26FN7O. The van der Waals surface area contributed by atoms with Crippen molar-refractivity contribution in [2.75, 3.05) is 25.5 Å². The topological polar surface area (TPSA) is 88.1 Å². The van der Waals surface area contributed by atoms with Gasteiger partial charge in [-0.1, -0.05) is 0 Å². The number of benzene rings is 1. The monoisotopic (exact) mass is 411 g/mol. The molecule has 4 heterocycles. The molecule has 4 N–H and O–H groups in total. The van der Waals surface area contributed by atoms with E-state index in [9.17, 15) is 4.39 Å². The first-order valence-corrected chi connectivity index (χ1v) is 10.4. The molecule has 3 aromatic rings. The highest BCUT2D eigenvalue weighted by Gasteiger charge is 2.28. The molecule has 0 aliphatic carbocycles. The zero-order valence-corrected chi connectivity index (χ0v) is 16.9. The molecule has 9 heteroatoms. The molecule has 2 fully saturated rings. The number of nitrogens with one attached hydrogen (secondary N) is 4. The average molecular weight is 411 g/mol. The van der Waals surface area contributed by atoms with Crippen LogP contribution in [-0.2, 0) is 0 Å². The Morgan fingerprint density at radius 1 is 1.20 bits per heavy atom. The van der Waals surface area contributed by atoms with Gasteiger partial charge in [0.15, 0.2) is 5.65 Å². The summed E-state index contributed by atoms with van der Waals surface area (Å²) in [6.07, 6.45) is 6.66. The predicted octanol–water partition coefficient (Wildman–Crippen LogP) is 2.48. The Hall–Kier alpha value is -2.75. The quantitative estimate of drug-likeness (QED) is 0.513. The molecule has 0 saturated carbocycles. The molecule has 0 radical (unpaired) electrons. The number of nitrogens with zero attached hydrogens (tertiary/aromatic N) is 3. The van der Waals surface area contributed by atoms with Crippen molar-refractivity contribution in [1.82, 2.24) is 30.7 Å². The van der Waals surface area contributed by atoms with Crippen molar-refractivity contribution >= 4 is 17.0 Å². The van der Waals surface area contributed by atoms with Crippen molar-refractivity contribution in [2.45, 2.75) is 37.5 Å². The lowest BCUT2D eigenvalue weighted by Crippen LogP contribution is -2.36. The minimum absolute atomic E-state index is 0.0722. The van der Waals surface area contributed by atoms with E-state index < -0.39 is 0 Å². The minimum atomic E-state index is -0.279. The summed E-state index contributed by atoms with van der Waals surface area (Å²) in [6.45, 7) is 2.05. The summed E-state index contributed by atoms with van der Waals surface area (Å²) in [5, 5.41) is 6.80. The van der Waals surface area contributed by atoms with E-state index in [1.54, 1.807) is 19.4 Å². The third-order valence-electron chi connectivity index (χ3n) is 5.91. The molecule has 1 aromatic carbocycles. The number of hydrogen-bond donors (Lipinski definition) is 4. The minimum Gasteiger partial charge on any atom is -0.496 e. The summed E-state index contributed by atoms with van der Waals surface area (Å²) in [7, 11) is 1.59. The summed E-state index contributed by atoms with van der Waals surface area (Å²) >= 11 is 0. The second kappa shape index (κ2) is 8.17. The Labute approximate surface area is 174 Å². The summed E-state index contributed by atoms with van der Waals surface area (Å²) in [4.78, 5) is 9.41. The highest BCUT2D eigenvalue weighted by atomic mass is 19.1. The first-order valence-electron chi connectivity index (χ1n) is 10.4. The van der Waals surface area contributed by atoms with Crippen molar-refractivity contribution in [3.8, 4) is 5.75 Å². The molecule has 8 nitrogen and oxygen atoms in total. The van der Waals surface area contributed by atoms with Crippen LogP contribution in [0.3, 0.4) is 0 Å². The number of fused-ring (bicyclic) bond motifs is 1. The molecule has 2 saturated heterocycles. The summed E-state index contributed by atoms with van der Waals surface area (Å²) in [6, 6.07) is 6.96. The van der Waals surface area contributed by atoms with Crippen LogP contribution in [-0.4, -0.2) is 40.9 Å². The van der Waals surface area contributed by atoms with Gasteiger partial charge >= 0.3 is 0 Å². The molecule has 2 aromatic heterocycles. The Bertz CT molecular complexity index is 1030. The van der Waals surface area contributed by atoms with E-state index in [2.05, 4.69) is 37.2 Å². The van der Waals surface area contributed by atoms with E-state index >= 15 is 0 Å². The largest absolute Gasteiger partial charge is 0.496 e. The fourth-order valence-corrected chi connectivity index (χ4v) is 4.38. The van der Waals surface area contributed by atoms with E-state index in [1.165, 1.54) is 12.1 Å². The van der Waals surface area contributed by atoms with Gasteiger partial charge in [0.1, 0.15) is 22.9 Å². The third kappa shape index (κ3) is 3.71. The fraction of sp³-hybridized carbons (Fsp3) is 0.429. The van der Waals surface area contributed by atoms with Gasteiger partial charge in [-0.2, -0.15) is 0 Å². The van der Waals surface area contributed by atoms with E-state index in [4.69, 9.17) is 9.72 Å². The number of hydrazine groups is 1. The number of halogens is 1. The predicted molar refractivity (Wildman–Crippen MR) is 113 cm³/mol. The van der Waals surface area contributed by atoms with Gasteiger partial charge in [-0.15, -0.1) is 0 Å². The number of ether oxygens (including phenoxy) is 1. The zero-order chi connectivity index (χ0) is 20.5. The molecule has 2 atom stereocenters. The molecule has 0 spiro atoms. The van der Waals surface area contributed by atoms with Crippen LogP contribution in [0, 0.1) is 5.82 Å². The maximum Gasteiger partial charge on any atom is 0.161 e. The van der Waals surface area contributed by atoms with Gasteiger partial charge in [0, 0.05) is 24.2 Å². The van der Waals surface area contributed by atoms with E-state index in [1.807, 2.05) is 6.07 Å². The third-order valence-corrected chi connectivity index (χ3v) is 5.91. The number of hydrogen-bond acceptors (Lipinski definition) is 7. The Balaban J connectivity index is 1.32. The first-order chi connectivity index (χ1) is 14.7. The van der Waals surface area contributed by atoms with E-state index in [0.29, 0.717) is 24.0 Å². The van der Waals surface area contributed by atoms with Crippen molar-refractivity contribution in [2.24, 2.45) is 0 Å². The van der Waals surface area contributed by atoms with Gasteiger partial charge in [0.25, 0.3) is 0 Å². The van der Waals surface area contributed by atoms with Gasteiger partial charge in [-0.05, 0) is 50.2 Å². The second-order valence-electron chi connectivity index (χ2n) is 7.83. The normalized spacial score (nSPS) is 22.5. The molecule has 158 valence electrons. The molecule has 2 aliphatic rings. The van der Waals surface area contributed by atoms with Gasteiger partial charge in [0.05, 0.1) is 25.5 Å². The Morgan fingerprint density at radius 2 is 2.07 bits per heavy atom. The maximum atomic E-state index is 13.7. The summed E-state index contributed by atoms with van der Waals surface area (Å²) in [5.74, 6) is 1.10. The average Bonchev–Trinajstić information content (AvgIpc) is 3.41. The SMILES string of the molecule is COc1ccc(F)cc1C1CC(Nc2cnc3ccn(C4CCNCC4)c3n2)NN1. The maximum absolute atomic E-state index is 13.7. The van der Waals surface area contributed by atoms with Crippen molar-refractivity contribution in [1.29, 1.82) is 0 Å². The summed E-state index contributed by atoms with van der Waals surface area (Å²) in [5.41, 5.74) is 9.04. The lowest BCUT2D eigenvalue weighted by atomic mass is 10.0. The van der Waals surface area contributed by atoms with Crippen LogP contribution >= 0.6 is 0 Å². The molecule has 2 unspecified atom stereocenters. The molecular weight excluding hydrogens is 385 g/mol. The van der Waals surface area contributed by atoms with Crippen LogP contribution in [0.4, 0.5) is 10.2 Å². The van der Waals surface area contributed by atoms with Crippen molar-refractivity contribution in [3.05, 3.63) is 48.0 Å². The lowest BCUT2D eigenvalue weighted by molar-refractivity contribution is 0.375. The van der Waals surface area contributed by atoms with Crippen molar-refractivity contribution in [3.63, 3.8) is 0 Å². The van der Waals surface area contributed by atoms with Crippen LogP contribution in [0.15, 0.2) is 36.7 Å². The fourth-order valence-electron chi connectivity index (χ4n) is 4.38. The standard InChI is InChI=1S/C21H26FN7O/c1-30-18-3-2-13(22)10-15(18)17-11-19(28-27-17)25-20-12-24-16-6-9-29(21(16)26-20)14-4-7-23-8-5-14/h2-3,6,9-10,12,14,17,19,23,27-28H,4-5,7-8,11H2,1H3,(H,25,26). The Kier molecular flexibility index (Phi) is 5.24.